The molecule has 3 rings (SSSR count). The summed E-state index contributed by atoms with van der Waals surface area (Å²) in [4.78, 5) is 2.45. The van der Waals surface area contributed by atoms with E-state index in [1.165, 1.54) is 18.4 Å². The van der Waals surface area contributed by atoms with Gasteiger partial charge in [-0.15, -0.1) is 0 Å². The molecule has 0 amide bonds. The van der Waals surface area contributed by atoms with Gasteiger partial charge in [0, 0.05) is 6.04 Å². The summed E-state index contributed by atoms with van der Waals surface area (Å²) >= 11 is 0. The summed E-state index contributed by atoms with van der Waals surface area (Å²) in [5.74, 6) is 0. The van der Waals surface area contributed by atoms with Crippen LogP contribution in [0.5, 0.6) is 0 Å². The second kappa shape index (κ2) is 3.62. The molecule has 0 unspecified atom stereocenters. The van der Waals surface area contributed by atoms with E-state index in [9.17, 15) is 5.11 Å². The van der Waals surface area contributed by atoms with Crippen LogP contribution in [0, 0.1) is 0 Å². The van der Waals surface area contributed by atoms with Crippen LogP contribution in [0.25, 0.3) is 0 Å². The van der Waals surface area contributed by atoms with Crippen molar-refractivity contribution in [2.75, 3.05) is 13.1 Å². The predicted molar refractivity (Wildman–Crippen MR) is 59.7 cm³/mol. The van der Waals surface area contributed by atoms with Gasteiger partial charge >= 0.3 is 0 Å². The molecule has 1 fully saturated rings. The number of aliphatic hydroxyl groups excluding tert-OH is 1. The van der Waals surface area contributed by atoms with Crippen LogP contribution in [0.4, 0.5) is 0 Å². The summed E-state index contributed by atoms with van der Waals surface area (Å²) in [6.45, 7) is 2.32. The Hall–Kier alpha value is -0.860. The molecule has 0 bridgehead atoms. The summed E-state index contributed by atoms with van der Waals surface area (Å²) < 4.78 is 0. The molecule has 1 N–H and O–H groups in total. The summed E-state index contributed by atoms with van der Waals surface area (Å²) in [6, 6.07) is 8.64. The van der Waals surface area contributed by atoms with E-state index in [2.05, 4.69) is 23.1 Å². The molecule has 1 saturated heterocycles. The molecule has 2 nitrogen and oxygen atoms in total. The van der Waals surface area contributed by atoms with E-state index in [0.29, 0.717) is 6.04 Å². The van der Waals surface area contributed by atoms with Crippen molar-refractivity contribution in [1.29, 1.82) is 0 Å². The number of aliphatic hydroxyl groups is 1. The van der Waals surface area contributed by atoms with E-state index >= 15 is 0 Å². The second-order valence-corrected chi connectivity index (χ2v) is 4.66. The Bertz CT molecular complexity index is 357. The van der Waals surface area contributed by atoms with Crippen LogP contribution in [0.3, 0.4) is 0 Å². The first kappa shape index (κ1) is 9.37. The highest BCUT2D eigenvalue weighted by molar-refractivity contribution is 5.35. The fourth-order valence-corrected chi connectivity index (χ4v) is 2.95. The average molecular weight is 203 g/mol. The second-order valence-electron chi connectivity index (χ2n) is 4.66. The number of rotatable bonds is 1. The monoisotopic (exact) mass is 203 g/mol. The maximum absolute atomic E-state index is 10.3. The summed E-state index contributed by atoms with van der Waals surface area (Å²) in [5, 5.41) is 10.3. The van der Waals surface area contributed by atoms with E-state index in [-0.39, 0.29) is 6.10 Å². The number of nitrogens with zero attached hydrogens (tertiary/aromatic N) is 1. The predicted octanol–water partition coefficient (Wildman–Crippen LogP) is 1.74. The van der Waals surface area contributed by atoms with Gasteiger partial charge in [-0.25, -0.2) is 0 Å². The molecule has 0 radical (unpaired) electrons. The quantitative estimate of drug-likeness (QED) is 0.751. The zero-order valence-corrected chi connectivity index (χ0v) is 8.89. The Balaban J connectivity index is 1.86. The Morgan fingerprint density at radius 3 is 2.60 bits per heavy atom. The SMILES string of the molecule is O[C@H]1c2ccccc2C[C@H]1N1CCCC1. The molecule has 2 atom stereocenters. The van der Waals surface area contributed by atoms with Gasteiger partial charge in [0.1, 0.15) is 0 Å². The van der Waals surface area contributed by atoms with Crippen LogP contribution in [-0.4, -0.2) is 29.1 Å². The molecular formula is C13H17NO. The van der Waals surface area contributed by atoms with Crippen molar-refractivity contribution in [2.45, 2.75) is 31.4 Å². The minimum Gasteiger partial charge on any atom is -0.387 e. The van der Waals surface area contributed by atoms with Crippen LogP contribution >= 0.6 is 0 Å². The largest absolute Gasteiger partial charge is 0.387 e. The first-order valence-electron chi connectivity index (χ1n) is 5.86. The van der Waals surface area contributed by atoms with Gasteiger partial charge in [-0.05, 0) is 43.5 Å². The summed E-state index contributed by atoms with van der Waals surface area (Å²) in [6.07, 6.45) is 3.34. The number of fused-ring (bicyclic) bond motifs is 1. The standard InChI is InChI=1S/C13H17NO/c15-13-11-6-2-1-5-10(11)9-12(13)14-7-3-4-8-14/h1-2,5-6,12-13,15H,3-4,7-9H2/t12-,13+/m1/s1. The van der Waals surface area contributed by atoms with Gasteiger partial charge in [0.15, 0.2) is 0 Å². The van der Waals surface area contributed by atoms with Crippen molar-refractivity contribution >= 4 is 0 Å². The van der Waals surface area contributed by atoms with Crippen molar-refractivity contribution < 1.29 is 5.11 Å². The number of benzene rings is 1. The molecule has 0 spiro atoms. The zero-order valence-electron chi connectivity index (χ0n) is 8.89. The normalized spacial score (nSPS) is 30.7. The number of likely N-dealkylation sites (tertiary alicyclic amines) is 1. The molecule has 15 heavy (non-hydrogen) atoms. The Morgan fingerprint density at radius 1 is 1.13 bits per heavy atom. The van der Waals surface area contributed by atoms with Crippen molar-refractivity contribution in [3.63, 3.8) is 0 Å². The molecule has 80 valence electrons. The maximum Gasteiger partial charge on any atom is 0.0951 e. The van der Waals surface area contributed by atoms with Crippen LogP contribution in [0.15, 0.2) is 24.3 Å². The first-order chi connectivity index (χ1) is 7.36. The third-order valence-corrected chi connectivity index (χ3v) is 3.78. The third-order valence-electron chi connectivity index (χ3n) is 3.78. The van der Waals surface area contributed by atoms with Gasteiger partial charge in [-0.1, -0.05) is 24.3 Å². The van der Waals surface area contributed by atoms with E-state index < -0.39 is 0 Å². The highest BCUT2D eigenvalue weighted by atomic mass is 16.3. The van der Waals surface area contributed by atoms with Crippen LogP contribution < -0.4 is 0 Å². The van der Waals surface area contributed by atoms with E-state index in [1.807, 2.05) is 6.07 Å². The van der Waals surface area contributed by atoms with Crippen molar-refractivity contribution in [2.24, 2.45) is 0 Å². The van der Waals surface area contributed by atoms with Gasteiger partial charge < -0.3 is 5.11 Å². The summed E-state index contributed by atoms with van der Waals surface area (Å²) in [5.41, 5.74) is 2.48. The molecule has 1 aliphatic carbocycles. The lowest BCUT2D eigenvalue weighted by Crippen LogP contribution is -2.35. The first-order valence-corrected chi connectivity index (χ1v) is 5.86. The molecule has 2 aliphatic rings. The average Bonchev–Trinajstić information content (AvgIpc) is 2.87. The summed E-state index contributed by atoms with van der Waals surface area (Å²) in [7, 11) is 0. The van der Waals surface area contributed by atoms with E-state index in [4.69, 9.17) is 0 Å². The van der Waals surface area contributed by atoms with Crippen LogP contribution in [0.1, 0.15) is 30.1 Å². The molecule has 2 heteroatoms. The lowest BCUT2D eigenvalue weighted by molar-refractivity contribution is 0.0750. The molecule has 1 aliphatic heterocycles. The Labute approximate surface area is 90.5 Å². The van der Waals surface area contributed by atoms with Crippen molar-refractivity contribution in [1.82, 2.24) is 4.90 Å². The van der Waals surface area contributed by atoms with Gasteiger partial charge in [0.25, 0.3) is 0 Å². The van der Waals surface area contributed by atoms with Gasteiger partial charge in [0.2, 0.25) is 0 Å². The zero-order chi connectivity index (χ0) is 10.3. The van der Waals surface area contributed by atoms with E-state index in [0.717, 1.165) is 25.1 Å². The minimum atomic E-state index is -0.265. The molecular weight excluding hydrogens is 186 g/mol. The highest BCUT2D eigenvalue weighted by Crippen LogP contribution is 2.35. The molecule has 1 aromatic carbocycles. The minimum absolute atomic E-state index is 0.265. The maximum atomic E-state index is 10.3. The van der Waals surface area contributed by atoms with Crippen LogP contribution in [0.2, 0.25) is 0 Å². The van der Waals surface area contributed by atoms with E-state index in [1.54, 1.807) is 0 Å². The third kappa shape index (κ3) is 1.48. The lowest BCUT2D eigenvalue weighted by Gasteiger charge is -2.26. The topological polar surface area (TPSA) is 23.5 Å². The van der Waals surface area contributed by atoms with Crippen molar-refractivity contribution in [3.8, 4) is 0 Å². The van der Waals surface area contributed by atoms with Gasteiger partial charge in [0.05, 0.1) is 6.10 Å². The fraction of sp³-hybridized carbons (Fsp3) is 0.538. The van der Waals surface area contributed by atoms with Crippen LogP contribution in [-0.2, 0) is 6.42 Å². The molecule has 0 saturated carbocycles. The Kier molecular flexibility index (Phi) is 2.26. The van der Waals surface area contributed by atoms with Crippen molar-refractivity contribution in [3.05, 3.63) is 35.4 Å². The highest BCUT2D eigenvalue weighted by Gasteiger charge is 2.35. The fourth-order valence-electron chi connectivity index (χ4n) is 2.95. The smallest absolute Gasteiger partial charge is 0.0951 e. The number of hydrogen-bond donors (Lipinski definition) is 1. The Morgan fingerprint density at radius 2 is 1.87 bits per heavy atom. The molecule has 1 aromatic rings. The lowest BCUT2D eigenvalue weighted by atomic mass is 10.1. The van der Waals surface area contributed by atoms with Gasteiger partial charge in [-0.3, -0.25) is 4.90 Å². The van der Waals surface area contributed by atoms with Gasteiger partial charge in [-0.2, -0.15) is 0 Å². The molecule has 1 heterocycles. The number of hydrogen-bond acceptors (Lipinski definition) is 2. The molecule has 0 aromatic heterocycles.